The maximum atomic E-state index is 13.0. The molecule has 2 heterocycles. The lowest BCUT2D eigenvalue weighted by Gasteiger charge is -2.15. The monoisotopic (exact) mass is 621 g/mol. The van der Waals surface area contributed by atoms with Crippen LogP contribution in [-0.4, -0.2) is 54.5 Å². The molecule has 44 heavy (non-hydrogen) atoms. The molecule has 228 valence electrons. The Bertz CT molecular complexity index is 1860. The fourth-order valence-electron chi connectivity index (χ4n) is 4.42. The fraction of sp³-hybridized carbons (Fsp3) is 0.194. The topological polar surface area (TPSA) is 155 Å². The quantitative estimate of drug-likeness (QED) is 0.0990. The molecule has 4 aromatic rings. The summed E-state index contributed by atoms with van der Waals surface area (Å²) in [5.41, 5.74) is 1.88. The smallest absolute Gasteiger partial charge is 0.355 e. The zero-order valence-corrected chi connectivity index (χ0v) is 24.9. The standard InChI is InChI=1S/C31H28ClN3O9/c1-17(37)22-7-5-20(32)11-23(22)24-12-30(39)35(13-27(24)41-3)14-29(38)33-21-6-8-25-19(9-21)10-26(34-25)31(40)43-15-28(42-4)18(2)44-16-36/h5-13,16,34H,14-15H2,1-4H3,(H,33,38)/b28-18-. The highest BCUT2D eigenvalue weighted by Crippen LogP contribution is 2.33. The highest BCUT2D eigenvalue weighted by atomic mass is 35.5. The predicted molar refractivity (Wildman–Crippen MR) is 162 cm³/mol. The van der Waals surface area contributed by atoms with Crippen LogP contribution in [0, 0.1) is 0 Å². The number of halogens is 1. The van der Waals surface area contributed by atoms with Crippen LogP contribution in [0.3, 0.4) is 0 Å². The highest BCUT2D eigenvalue weighted by Gasteiger charge is 2.18. The molecule has 0 atom stereocenters. The van der Waals surface area contributed by atoms with Crippen molar-refractivity contribution >= 4 is 52.3 Å². The van der Waals surface area contributed by atoms with E-state index in [2.05, 4.69) is 10.3 Å². The van der Waals surface area contributed by atoms with E-state index < -0.39 is 17.4 Å². The summed E-state index contributed by atoms with van der Waals surface area (Å²) in [5, 5.41) is 3.74. The molecule has 0 bridgehead atoms. The summed E-state index contributed by atoms with van der Waals surface area (Å²) < 4.78 is 21.7. The van der Waals surface area contributed by atoms with Gasteiger partial charge < -0.3 is 33.8 Å². The van der Waals surface area contributed by atoms with Gasteiger partial charge in [0.25, 0.3) is 12.0 Å². The van der Waals surface area contributed by atoms with Crippen LogP contribution in [-0.2, 0) is 30.3 Å². The van der Waals surface area contributed by atoms with Gasteiger partial charge in [-0.1, -0.05) is 11.6 Å². The van der Waals surface area contributed by atoms with Crippen molar-refractivity contribution in [3.05, 3.63) is 92.9 Å². The number of anilines is 1. The lowest BCUT2D eigenvalue weighted by Crippen LogP contribution is -2.27. The van der Waals surface area contributed by atoms with Gasteiger partial charge in [-0.05, 0) is 61.9 Å². The Hall–Kier alpha value is -5.36. The van der Waals surface area contributed by atoms with E-state index in [0.29, 0.717) is 38.3 Å². The Morgan fingerprint density at radius 2 is 1.80 bits per heavy atom. The van der Waals surface area contributed by atoms with Gasteiger partial charge in [0.05, 0.1) is 20.4 Å². The zero-order chi connectivity index (χ0) is 32.0. The molecule has 4 rings (SSSR count). The van der Waals surface area contributed by atoms with Gasteiger partial charge in [0.1, 0.15) is 23.7 Å². The van der Waals surface area contributed by atoms with Crippen LogP contribution in [0.5, 0.6) is 5.75 Å². The second-order valence-electron chi connectivity index (χ2n) is 9.47. The number of ketones is 1. The molecule has 0 aliphatic carbocycles. The van der Waals surface area contributed by atoms with Gasteiger partial charge in [-0.25, -0.2) is 4.79 Å². The average Bonchev–Trinajstić information content (AvgIpc) is 3.42. The summed E-state index contributed by atoms with van der Waals surface area (Å²) in [6.07, 6.45) is 1.39. The third kappa shape index (κ3) is 7.16. The number of benzene rings is 2. The number of rotatable bonds is 12. The summed E-state index contributed by atoms with van der Waals surface area (Å²) in [6.45, 7) is 2.56. The van der Waals surface area contributed by atoms with Crippen molar-refractivity contribution in [1.82, 2.24) is 9.55 Å². The normalized spacial score (nSPS) is 11.4. The summed E-state index contributed by atoms with van der Waals surface area (Å²) in [7, 11) is 2.77. The molecule has 1 amide bonds. The number of fused-ring (bicyclic) bond motifs is 1. The van der Waals surface area contributed by atoms with E-state index in [0.717, 1.165) is 0 Å². The molecular formula is C31H28ClN3O9. The SMILES string of the molecule is CO/C(COC(=O)c1cc2cc(NC(=O)Cn3cc(OC)c(-c4cc(Cl)ccc4C(C)=O)cc3=O)ccc2[nH]1)=C(/C)OC=O. The Kier molecular flexibility index (Phi) is 9.86. The molecule has 2 N–H and O–H groups in total. The summed E-state index contributed by atoms with van der Waals surface area (Å²) in [5.74, 6) is -0.773. The van der Waals surface area contributed by atoms with Crippen LogP contribution in [0.1, 0.15) is 34.7 Å². The van der Waals surface area contributed by atoms with Crippen molar-refractivity contribution in [3.8, 4) is 16.9 Å². The van der Waals surface area contributed by atoms with Crippen molar-refractivity contribution in [2.75, 3.05) is 26.1 Å². The zero-order valence-electron chi connectivity index (χ0n) is 24.2. The number of amides is 1. The minimum atomic E-state index is -0.676. The first kappa shape index (κ1) is 31.6. The molecule has 13 heteroatoms. The summed E-state index contributed by atoms with van der Waals surface area (Å²) in [6, 6.07) is 12.5. The Morgan fingerprint density at radius 1 is 1.02 bits per heavy atom. The van der Waals surface area contributed by atoms with E-state index in [1.165, 1.54) is 44.9 Å². The molecular weight excluding hydrogens is 594 g/mol. The molecule has 12 nitrogen and oxygen atoms in total. The van der Waals surface area contributed by atoms with Gasteiger partial charge >= 0.3 is 5.97 Å². The molecule has 0 aliphatic rings. The van der Waals surface area contributed by atoms with Crippen molar-refractivity contribution in [2.45, 2.75) is 20.4 Å². The van der Waals surface area contributed by atoms with E-state index in [-0.39, 0.29) is 48.4 Å². The first-order valence-corrected chi connectivity index (χ1v) is 13.5. The number of aromatic nitrogens is 2. The van der Waals surface area contributed by atoms with Crippen LogP contribution in [0.15, 0.2) is 71.0 Å². The molecule has 0 radical (unpaired) electrons. The van der Waals surface area contributed by atoms with Crippen LogP contribution in [0.25, 0.3) is 22.0 Å². The molecule has 2 aromatic heterocycles. The number of ether oxygens (including phenoxy) is 4. The number of hydrogen-bond acceptors (Lipinski definition) is 9. The van der Waals surface area contributed by atoms with Crippen molar-refractivity contribution in [1.29, 1.82) is 0 Å². The lowest BCUT2D eigenvalue weighted by molar-refractivity contribution is -0.125. The number of aromatic amines is 1. The maximum absolute atomic E-state index is 13.0. The molecule has 0 saturated carbocycles. The largest absolute Gasteiger partial charge is 0.495 e. The fourth-order valence-corrected chi connectivity index (χ4v) is 4.59. The van der Waals surface area contributed by atoms with Crippen LogP contribution >= 0.6 is 11.6 Å². The van der Waals surface area contributed by atoms with Gasteiger partial charge in [0.15, 0.2) is 18.1 Å². The van der Waals surface area contributed by atoms with Gasteiger partial charge in [-0.3, -0.25) is 19.2 Å². The minimum Gasteiger partial charge on any atom is -0.495 e. The van der Waals surface area contributed by atoms with E-state index in [1.54, 1.807) is 42.5 Å². The van der Waals surface area contributed by atoms with Crippen molar-refractivity contribution < 1.29 is 38.1 Å². The minimum absolute atomic E-state index is 0.152. The molecule has 0 unspecified atom stereocenters. The molecule has 0 spiro atoms. The average molecular weight is 622 g/mol. The number of carbonyl (C=O) groups is 4. The maximum Gasteiger partial charge on any atom is 0.355 e. The van der Waals surface area contributed by atoms with Gasteiger partial charge in [0.2, 0.25) is 5.91 Å². The third-order valence-corrected chi connectivity index (χ3v) is 6.83. The Morgan fingerprint density at radius 3 is 2.48 bits per heavy atom. The van der Waals surface area contributed by atoms with E-state index in [4.69, 9.17) is 30.5 Å². The first-order chi connectivity index (χ1) is 21.0. The first-order valence-electron chi connectivity index (χ1n) is 13.1. The lowest BCUT2D eigenvalue weighted by atomic mass is 9.97. The van der Waals surface area contributed by atoms with Crippen LogP contribution in [0.4, 0.5) is 5.69 Å². The summed E-state index contributed by atoms with van der Waals surface area (Å²) in [4.78, 5) is 64.1. The van der Waals surface area contributed by atoms with Crippen molar-refractivity contribution in [2.24, 2.45) is 0 Å². The Labute approximate surface area is 256 Å². The van der Waals surface area contributed by atoms with Gasteiger partial charge in [0, 0.05) is 38.8 Å². The number of pyridine rings is 1. The number of H-pyrrole nitrogens is 1. The third-order valence-electron chi connectivity index (χ3n) is 6.60. The van der Waals surface area contributed by atoms with Crippen molar-refractivity contribution in [3.63, 3.8) is 0 Å². The van der Waals surface area contributed by atoms with Crippen LogP contribution < -0.4 is 15.6 Å². The van der Waals surface area contributed by atoms with E-state index in [9.17, 15) is 24.0 Å². The molecule has 0 aliphatic heterocycles. The predicted octanol–water partition coefficient (Wildman–Crippen LogP) is 4.71. The number of esters is 1. The highest BCUT2D eigenvalue weighted by molar-refractivity contribution is 6.31. The second kappa shape index (κ2) is 13.7. The number of nitrogens with one attached hydrogen (secondary N) is 2. The van der Waals surface area contributed by atoms with Gasteiger partial charge in [-0.15, -0.1) is 0 Å². The molecule has 0 saturated heterocycles. The number of hydrogen-bond donors (Lipinski definition) is 2. The molecule has 0 fully saturated rings. The second-order valence-corrected chi connectivity index (χ2v) is 9.91. The number of Topliss-reactive ketones (excluding diaryl/α,β-unsaturated/α-hetero) is 1. The number of carbonyl (C=O) groups excluding carboxylic acids is 4. The van der Waals surface area contributed by atoms with E-state index in [1.807, 2.05) is 0 Å². The Balaban J connectivity index is 1.49. The van der Waals surface area contributed by atoms with E-state index >= 15 is 0 Å². The number of allylic oxidation sites excluding steroid dienone is 1. The molecule has 2 aromatic carbocycles. The number of nitrogens with zero attached hydrogens (tertiary/aromatic N) is 1. The number of methoxy groups -OCH3 is 2. The summed E-state index contributed by atoms with van der Waals surface area (Å²) >= 11 is 6.15. The van der Waals surface area contributed by atoms with Gasteiger partial charge in [-0.2, -0.15) is 0 Å². The van der Waals surface area contributed by atoms with Crippen LogP contribution in [0.2, 0.25) is 5.02 Å².